The van der Waals surface area contributed by atoms with Gasteiger partial charge in [0.1, 0.15) is 12.2 Å². The Kier molecular flexibility index (Phi) is 6.38. The Labute approximate surface area is 178 Å². The van der Waals surface area contributed by atoms with Crippen LogP contribution in [0.15, 0.2) is 109 Å². The maximum Gasteiger partial charge on any atom is 0.143 e. The quantitative estimate of drug-likeness (QED) is 0.245. The van der Waals surface area contributed by atoms with E-state index in [2.05, 4.69) is 62.4 Å². The van der Waals surface area contributed by atoms with Crippen LogP contribution in [0.4, 0.5) is 0 Å². The summed E-state index contributed by atoms with van der Waals surface area (Å²) in [5.74, 6) is 0. The lowest BCUT2D eigenvalue weighted by atomic mass is 9.97. The number of benzene rings is 4. The zero-order valence-corrected chi connectivity index (χ0v) is 17.4. The Morgan fingerprint density at radius 2 is 0.767 bits per heavy atom. The number of hydrogen-bond acceptors (Lipinski definition) is 2. The minimum Gasteiger partial charge on any atom is -0.223 e. The van der Waals surface area contributed by atoms with Crippen LogP contribution in [0.2, 0.25) is 0 Å². The molecule has 0 amide bonds. The molecule has 0 fully saturated rings. The van der Waals surface area contributed by atoms with Crippen LogP contribution in [0, 0.1) is 13.8 Å². The Morgan fingerprint density at radius 3 is 1.13 bits per heavy atom. The second-order valence-electron chi connectivity index (χ2n) is 7.49. The van der Waals surface area contributed by atoms with Crippen molar-refractivity contribution in [2.45, 2.75) is 26.1 Å². The lowest BCUT2D eigenvalue weighted by Gasteiger charge is -2.24. The van der Waals surface area contributed by atoms with Gasteiger partial charge in [-0.2, -0.15) is 0 Å². The van der Waals surface area contributed by atoms with Crippen molar-refractivity contribution < 1.29 is 9.78 Å². The Bertz CT molecular complexity index is 985. The third-order valence-electron chi connectivity index (χ3n) is 5.39. The second kappa shape index (κ2) is 9.53. The molecule has 0 aliphatic rings. The van der Waals surface area contributed by atoms with Crippen LogP contribution in [0.5, 0.6) is 0 Å². The predicted octanol–water partition coefficient (Wildman–Crippen LogP) is 7.13. The third kappa shape index (κ3) is 4.51. The monoisotopic (exact) mass is 394 g/mol. The molecule has 0 N–H and O–H groups in total. The molecule has 150 valence electrons. The lowest BCUT2D eigenvalue weighted by molar-refractivity contribution is -0.341. The highest BCUT2D eigenvalue weighted by Gasteiger charge is 2.23. The summed E-state index contributed by atoms with van der Waals surface area (Å²) in [6, 6.07) is 37.0. The van der Waals surface area contributed by atoms with Gasteiger partial charge in [-0.3, -0.25) is 0 Å². The van der Waals surface area contributed by atoms with Gasteiger partial charge in [-0.15, -0.1) is 0 Å². The van der Waals surface area contributed by atoms with Gasteiger partial charge in [0.25, 0.3) is 0 Å². The summed E-state index contributed by atoms with van der Waals surface area (Å²) in [5, 5.41) is 0. The summed E-state index contributed by atoms with van der Waals surface area (Å²) in [6.45, 7) is 4.20. The molecule has 2 heteroatoms. The maximum atomic E-state index is 6.22. The van der Waals surface area contributed by atoms with Crippen LogP contribution >= 0.6 is 0 Å². The number of aryl methyl sites for hydroxylation is 2. The van der Waals surface area contributed by atoms with Gasteiger partial charge in [-0.25, -0.2) is 9.78 Å². The Balaban J connectivity index is 1.70. The highest BCUT2D eigenvalue weighted by Crippen LogP contribution is 2.34. The van der Waals surface area contributed by atoms with Crippen molar-refractivity contribution in [3.63, 3.8) is 0 Å². The minimum absolute atomic E-state index is 0.317. The first-order valence-corrected chi connectivity index (χ1v) is 10.3. The molecule has 4 aromatic carbocycles. The van der Waals surface area contributed by atoms with Crippen molar-refractivity contribution in [1.82, 2.24) is 0 Å². The number of rotatable bonds is 7. The molecule has 0 radical (unpaired) electrons. The molecule has 0 aliphatic carbocycles. The SMILES string of the molecule is Cc1ccccc1C(OOC(c1ccccc1)c1ccccc1C)c1ccccc1. The van der Waals surface area contributed by atoms with Gasteiger partial charge in [0.15, 0.2) is 0 Å². The third-order valence-corrected chi connectivity index (χ3v) is 5.39. The molecule has 2 nitrogen and oxygen atoms in total. The van der Waals surface area contributed by atoms with E-state index in [9.17, 15) is 0 Å². The molecule has 4 rings (SSSR count). The lowest BCUT2D eigenvalue weighted by Crippen LogP contribution is -2.14. The van der Waals surface area contributed by atoms with Gasteiger partial charge in [-0.1, -0.05) is 109 Å². The van der Waals surface area contributed by atoms with Gasteiger partial charge in [0.2, 0.25) is 0 Å². The van der Waals surface area contributed by atoms with Crippen LogP contribution in [-0.4, -0.2) is 0 Å². The van der Waals surface area contributed by atoms with E-state index in [-0.39, 0.29) is 12.2 Å². The highest BCUT2D eigenvalue weighted by atomic mass is 17.2. The molecule has 0 bridgehead atoms. The first kappa shape index (κ1) is 20.1. The average molecular weight is 395 g/mol. The minimum atomic E-state index is -0.317. The molecule has 0 aromatic heterocycles. The second-order valence-corrected chi connectivity index (χ2v) is 7.49. The fourth-order valence-corrected chi connectivity index (χ4v) is 3.70. The van der Waals surface area contributed by atoms with E-state index in [1.807, 2.05) is 60.7 Å². The zero-order chi connectivity index (χ0) is 20.8. The van der Waals surface area contributed by atoms with Crippen molar-refractivity contribution >= 4 is 0 Å². The summed E-state index contributed by atoms with van der Waals surface area (Å²) in [7, 11) is 0. The van der Waals surface area contributed by atoms with Crippen molar-refractivity contribution in [3.05, 3.63) is 143 Å². The molecular formula is C28H26O2. The molecule has 0 heterocycles. The standard InChI is InChI=1S/C28H26O2/c1-21-13-9-11-19-25(21)27(23-15-5-3-6-16-23)29-30-28(24-17-7-4-8-18-24)26-20-12-10-14-22(26)2/h3-20,27-28H,1-2H3. The summed E-state index contributed by atoms with van der Waals surface area (Å²) in [6.07, 6.45) is -0.634. The Hall–Kier alpha value is -3.20. The van der Waals surface area contributed by atoms with Crippen LogP contribution in [0.1, 0.15) is 45.6 Å². The van der Waals surface area contributed by atoms with Gasteiger partial charge in [0.05, 0.1) is 0 Å². The molecule has 4 aromatic rings. The van der Waals surface area contributed by atoms with Crippen LogP contribution in [0.3, 0.4) is 0 Å². The van der Waals surface area contributed by atoms with E-state index in [1.54, 1.807) is 0 Å². The summed E-state index contributed by atoms with van der Waals surface area (Å²) in [5.41, 5.74) is 6.65. The maximum absolute atomic E-state index is 6.22. The fourth-order valence-electron chi connectivity index (χ4n) is 3.70. The van der Waals surface area contributed by atoms with E-state index in [0.29, 0.717) is 0 Å². The summed E-state index contributed by atoms with van der Waals surface area (Å²) in [4.78, 5) is 12.4. The van der Waals surface area contributed by atoms with Crippen molar-refractivity contribution in [3.8, 4) is 0 Å². The topological polar surface area (TPSA) is 18.5 Å². The van der Waals surface area contributed by atoms with Crippen LogP contribution < -0.4 is 0 Å². The van der Waals surface area contributed by atoms with Crippen molar-refractivity contribution in [1.29, 1.82) is 0 Å². The normalized spacial score (nSPS) is 13.0. The van der Waals surface area contributed by atoms with E-state index < -0.39 is 0 Å². The highest BCUT2D eigenvalue weighted by molar-refractivity contribution is 5.37. The molecule has 30 heavy (non-hydrogen) atoms. The molecule has 2 atom stereocenters. The fraction of sp³-hybridized carbons (Fsp3) is 0.143. The van der Waals surface area contributed by atoms with Gasteiger partial charge < -0.3 is 0 Å². The summed E-state index contributed by atoms with van der Waals surface area (Å²) < 4.78 is 0. The van der Waals surface area contributed by atoms with E-state index in [0.717, 1.165) is 22.3 Å². The average Bonchev–Trinajstić information content (AvgIpc) is 2.80. The summed E-state index contributed by atoms with van der Waals surface area (Å²) >= 11 is 0. The van der Waals surface area contributed by atoms with Gasteiger partial charge in [0, 0.05) is 0 Å². The molecule has 0 spiro atoms. The molecule has 0 saturated heterocycles. The van der Waals surface area contributed by atoms with Crippen LogP contribution in [-0.2, 0) is 9.78 Å². The first-order chi connectivity index (χ1) is 14.7. The van der Waals surface area contributed by atoms with Crippen LogP contribution in [0.25, 0.3) is 0 Å². The first-order valence-electron chi connectivity index (χ1n) is 10.3. The van der Waals surface area contributed by atoms with E-state index in [1.165, 1.54) is 11.1 Å². The molecule has 0 aliphatic heterocycles. The van der Waals surface area contributed by atoms with Gasteiger partial charge >= 0.3 is 0 Å². The van der Waals surface area contributed by atoms with Gasteiger partial charge in [-0.05, 0) is 47.2 Å². The molecule has 0 saturated carbocycles. The van der Waals surface area contributed by atoms with Crippen molar-refractivity contribution in [2.24, 2.45) is 0 Å². The van der Waals surface area contributed by atoms with Crippen molar-refractivity contribution in [2.75, 3.05) is 0 Å². The molecule has 2 unspecified atom stereocenters. The zero-order valence-electron chi connectivity index (χ0n) is 17.4. The smallest absolute Gasteiger partial charge is 0.143 e. The van der Waals surface area contributed by atoms with E-state index >= 15 is 0 Å². The van der Waals surface area contributed by atoms with E-state index in [4.69, 9.17) is 9.78 Å². The predicted molar refractivity (Wildman–Crippen MR) is 121 cm³/mol. The Morgan fingerprint density at radius 1 is 0.433 bits per heavy atom. The number of hydrogen-bond donors (Lipinski definition) is 0. The molecular weight excluding hydrogens is 368 g/mol. The largest absolute Gasteiger partial charge is 0.223 e.